The smallest absolute Gasteiger partial charge is 0.223 e. The number of hydrogen-bond acceptors (Lipinski definition) is 4. The summed E-state index contributed by atoms with van der Waals surface area (Å²) in [5.41, 5.74) is 4.13. The molecule has 6 nitrogen and oxygen atoms in total. The highest BCUT2D eigenvalue weighted by molar-refractivity contribution is 5.85. The molecule has 164 valence electrons. The predicted octanol–water partition coefficient (Wildman–Crippen LogP) is 3.78. The van der Waals surface area contributed by atoms with Crippen LogP contribution < -0.4 is 10.6 Å². The summed E-state index contributed by atoms with van der Waals surface area (Å²) in [5.74, 6) is 0.346. The van der Waals surface area contributed by atoms with Gasteiger partial charge in [-0.15, -0.1) is 24.8 Å². The number of carbonyl (C=O) groups excluding carboxylic acids is 1. The molecule has 1 saturated heterocycles. The lowest BCUT2D eigenvalue weighted by atomic mass is 9.92. The SMILES string of the molecule is Cl.Cl.O=C(NCc1cn(-c2ccccc2)nc1-c1ccncc1)C1CC12CCNCC2. The number of para-hydroxylation sites is 1. The highest BCUT2D eigenvalue weighted by atomic mass is 35.5. The van der Waals surface area contributed by atoms with Crippen LogP contribution in [0.15, 0.2) is 61.1 Å². The molecule has 8 heteroatoms. The molecular weight excluding hydrogens is 433 g/mol. The van der Waals surface area contributed by atoms with Gasteiger partial charge in [0.25, 0.3) is 0 Å². The van der Waals surface area contributed by atoms with Crippen molar-refractivity contribution in [2.24, 2.45) is 11.3 Å². The second-order valence-electron chi connectivity index (χ2n) is 8.11. The van der Waals surface area contributed by atoms with E-state index in [9.17, 15) is 4.79 Å². The summed E-state index contributed by atoms with van der Waals surface area (Å²) >= 11 is 0. The number of pyridine rings is 1. The molecule has 1 aliphatic carbocycles. The number of nitrogens with one attached hydrogen (secondary N) is 2. The third-order valence-corrected chi connectivity index (χ3v) is 6.32. The van der Waals surface area contributed by atoms with Gasteiger partial charge in [-0.25, -0.2) is 4.68 Å². The topological polar surface area (TPSA) is 71.8 Å². The summed E-state index contributed by atoms with van der Waals surface area (Å²) in [6, 6.07) is 13.9. The Labute approximate surface area is 194 Å². The molecule has 3 aromatic rings. The number of hydrogen-bond donors (Lipinski definition) is 2. The van der Waals surface area contributed by atoms with E-state index in [1.807, 2.05) is 53.3 Å². The highest BCUT2D eigenvalue weighted by Gasteiger charge is 2.57. The Hall–Kier alpha value is -2.41. The van der Waals surface area contributed by atoms with Crippen molar-refractivity contribution < 1.29 is 4.79 Å². The van der Waals surface area contributed by atoms with Gasteiger partial charge < -0.3 is 10.6 Å². The van der Waals surface area contributed by atoms with E-state index in [4.69, 9.17) is 5.10 Å². The molecule has 2 aliphatic rings. The van der Waals surface area contributed by atoms with Gasteiger partial charge in [0.2, 0.25) is 5.91 Å². The van der Waals surface area contributed by atoms with Crippen LogP contribution in [-0.2, 0) is 11.3 Å². The predicted molar refractivity (Wildman–Crippen MR) is 126 cm³/mol. The maximum absolute atomic E-state index is 12.8. The van der Waals surface area contributed by atoms with Gasteiger partial charge in [-0.1, -0.05) is 18.2 Å². The summed E-state index contributed by atoms with van der Waals surface area (Å²) in [6.45, 7) is 2.54. The average molecular weight is 460 g/mol. The van der Waals surface area contributed by atoms with E-state index in [1.165, 1.54) is 0 Å². The molecule has 1 atom stereocenters. The van der Waals surface area contributed by atoms with E-state index in [2.05, 4.69) is 15.6 Å². The minimum Gasteiger partial charge on any atom is -0.352 e. The standard InChI is InChI=1S/C23H25N5O.2ClH/c29-22(20-14-23(20)8-12-25-13-9-23)26-15-18-16-28(19-4-2-1-3-5-19)27-21(18)17-6-10-24-11-7-17;;/h1-7,10-11,16,20,25H,8-9,12-15H2,(H,26,29);2*1H. The van der Waals surface area contributed by atoms with Crippen LogP contribution in [-0.4, -0.2) is 33.8 Å². The molecule has 0 bridgehead atoms. The number of amides is 1. The Morgan fingerprint density at radius 2 is 1.81 bits per heavy atom. The lowest BCUT2D eigenvalue weighted by Gasteiger charge is -2.23. The fourth-order valence-corrected chi connectivity index (χ4v) is 4.51. The zero-order valence-electron chi connectivity index (χ0n) is 17.2. The largest absolute Gasteiger partial charge is 0.352 e. The molecule has 5 rings (SSSR count). The molecule has 1 aromatic carbocycles. The Morgan fingerprint density at radius 3 is 2.52 bits per heavy atom. The fraction of sp³-hybridized carbons (Fsp3) is 0.348. The molecule has 31 heavy (non-hydrogen) atoms. The van der Waals surface area contributed by atoms with E-state index < -0.39 is 0 Å². The van der Waals surface area contributed by atoms with Crippen molar-refractivity contribution in [3.63, 3.8) is 0 Å². The summed E-state index contributed by atoms with van der Waals surface area (Å²) in [4.78, 5) is 16.9. The maximum atomic E-state index is 12.8. The molecule has 3 heterocycles. The van der Waals surface area contributed by atoms with Crippen LogP contribution >= 0.6 is 24.8 Å². The number of nitrogens with zero attached hydrogens (tertiary/aromatic N) is 3. The molecule has 2 N–H and O–H groups in total. The third-order valence-electron chi connectivity index (χ3n) is 6.32. The summed E-state index contributed by atoms with van der Waals surface area (Å²) in [5, 5.41) is 11.4. The number of carbonyl (C=O) groups is 1. The zero-order chi connectivity index (χ0) is 19.7. The summed E-state index contributed by atoms with van der Waals surface area (Å²) < 4.78 is 1.88. The second kappa shape index (κ2) is 9.81. The molecule has 2 aromatic heterocycles. The van der Waals surface area contributed by atoms with Gasteiger partial charge in [0.15, 0.2) is 0 Å². The molecule has 1 spiro atoms. The van der Waals surface area contributed by atoms with Gasteiger partial charge >= 0.3 is 0 Å². The quantitative estimate of drug-likeness (QED) is 0.608. The van der Waals surface area contributed by atoms with Crippen molar-refractivity contribution in [2.45, 2.75) is 25.8 Å². The van der Waals surface area contributed by atoms with Gasteiger partial charge in [-0.3, -0.25) is 9.78 Å². The first-order valence-electron chi connectivity index (χ1n) is 10.3. The van der Waals surface area contributed by atoms with Gasteiger partial charge in [0.1, 0.15) is 0 Å². The number of piperidine rings is 1. The van der Waals surface area contributed by atoms with Gasteiger partial charge in [-0.05, 0) is 62.0 Å². The van der Waals surface area contributed by atoms with E-state index in [0.29, 0.717) is 6.54 Å². The number of benzene rings is 1. The second-order valence-corrected chi connectivity index (χ2v) is 8.11. The number of aromatic nitrogens is 3. The van der Waals surface area contributed by atoms with Crippen molar-refractivity contribution in [2.75, 3.05) is 13.1 Å². The minimum absolute atomic E-state index is 0. The first-order chi connectivity index (χ1) is 14.3. The Kier molecular flexibility index (Phi) is 7.36. The van der Waals surface area contributed by atoms with Gasteiger partial charge in [0, 0.05) is 42.2 Å². The van der Waals surface area contributed by atoms with Crippen LogP contribution in [0.4, 0.5) is 0 Å². The first kappa shape index (κ1) is 23.3. The van der Waals surface area contributed by atoms with Crippen LogP contribution in [0.1, 0.15) is 24.8 Å². The van der Waals surface area contributed by atoms with Crippen molar-refractivity contribution in [1.82, 2.24) is 25.4 Å². The summed E-state index contributed by atoms with van der Waals surface area (Å²) in [7, 11) is 0. The maximum Gasteiger partial charge on any atom is 0.223 e. The highest BCUT2D eigenvalue weighted by Crippen LogP contribution is 2.58. The Balaban J connectivity index is 0.00000136. The van der Waals surface area contributed by atoms with Crippen LogP contribution in [0.5, 0.6) is 0 Å². The lowest BCUT2D eigenvalue weighted by molar-refractivity contribution is -0.123. The molecular formula is C23H27Cl2N5O. The molecule has 1 unspecified atom stereocenters. The molecule has 1 saturated carbocycles. The monoisotopic (exact) mass is 459 g/mol. The lowest BCUT2D eigenvalue weighted by Crippen LogP contribution is -2.33. The molecule has 2 fully saturated rings. The van der Waals surface area contributed by atoms with E-state index in [-0.39, 0.29) is 42.1 Å². The van der Waals surface area contributed by atoms with E-state index in [1.54, 1.807) is 12.4 Å². The average Bonchev–Trinajstić information content (AvgIpc) is 3.29. The van der Waals surface area contributed by atoms with Gasteiger partial charge in [-0.2, -0.15) is 5.10 Å². The number of halogens is 2. The molecule has 1 amide bonds. The van der Waals surface area contributed by atoms with Crippen LogP contribution in [0.2, 0.25) is 0 Å². The van der Waals surface area contributed by atoms with E-state index >= 15 is 0 Å². The van der Waals surface area contributed by atoms with Gasteiger partial charge in [0.05, 0.1) is 11.4 Å². The summed E-state index contributed by atoms with van der Waals surface area (Å²) in [6.07, 6.45) is 8.80. The normalized spacial score (nSPS) is 18.5. The van der Waals surface area contributed by atoms with Crippen LogP contribution in [0, 0.1) is 11.3 Å². The molecule has 1 aliphatic heterocycles. The van der Waals surface area contributed by atoms with Crippen LogP contribution in [0.25, 0.3) is 16.9 Å². The fourth-order valence-electron chi connectivity index (χ4n) is 4.51. The van der Waals surface area contributed by atoms with Crippen LogP contribution in [0.3, 0.4) is 0 Å². The first-order valence-corrected chi connectivity index (χ1v) is 10.3. The number of rotatable bonds is 5. The zero-order valence-corrected chi connectivity index (χ0v) is 18.8. The Bertz CT molecular complexity index is 1000. The minimum atomic E-state index is 0. The van der Waals surface area contributed by atoms with Crippen molar-refractivity contribution in [3.05, 3.63) is 66.6 Å². The third kappa shape index (κ3) is 4.76. The van der Waals surface area contributed by atoms with Crippen molar-refractivity contribution >= 4 is 30.7 Å². The van der Waals surface area contributed by atoms with Crippen molar-refractivity contribution in [1.29, 1.82) is 0 Å². The molecule has 0 radical (unpaired) electrons. The van der Waals surface area contributed by atoms with Crippen molar-refractivity contribution in [3.8, 4) is 16.9 Å². The van der Waals surface area contributed by atoms with E-state index in [0.717, 1.165) is 54.9 Å². The Morgan fingerprint density at radius 1 is 1.10 bits per heavy atom.